The molecular formula is C16H20N2O. The van der Waals surface area contributed by atoms with Gasteiger partial charge in [-0.05, 0) is 50.5 Å². The van der Waals surface area contributed by atoms with Crippen molar-refractivity contribution < 1.29 is 4.42 Å². The van der Waals surface area contributed by atoms with Gasteiger partial charge in [-0.3, -0.25) is 0 Å². The van der Waals surface area contributed by atoms with E-state index in [1.165, 1.54) is 31.6 Å². The fourth-order valence-electron chi connectivity index (χ4n) is 2.67. The lowest BCUT2D eigenvalue weighted by molar-refractivity contribution is 0.539. The second-order valence-electron chi connectivity index (χ2n) is 5.12. The Bertz CT molecular complexity index is 551. The van der Waals surface area contributed by atoms with Crippen LogP contribution in [-0.4, -0.2) is 18.1 Å². The van der Waals surface area contributed by atoms with Crippen LogP contribution in [0, 0.1) is 6.92 Å². The Labute approximate surface area is 114 Å². The third-order valence-corrected chi connectivity index (χ3v) is 3.81. The van der Waals surface area contributed by atoms with Crippen LogP contribution in [0.1, 0.15) is 31.2 Å². The van der Waals surface area contributed by atoms with Crippen molar-refractivity contribution in [1.29, 1.82) is 0 Å². The molecule has 2 aromatic rings. The van der Waals surface area contributed by atoms with Gasteiger partial charge in [-0.15, -0.1) is 0 Å². The van der Waals surface area contributed by atoms with E-state index in [0.29, 0.717) is 0 Å². The predicted octanol–water partition coefficient (Wildman–Crippen LogP) is 3.81. The Kier molecular flexibility index (Phi) is 3.28. The first-order valence-corrected chi connectivity index (χ1v) is 7.09. The first-order chi connectivity index (χ1) is 9.28. The summed E-state index contributed by atoms with van der Waals surface area (Å²) in [6.45, 7) is 6.44. The fraction of sp³-hybridized carbons (Fsp3) is 0.438. The molecule has 0 radical (unpaired) electrons. The van der Waals surface area contributed by atoms with Crippen molar-refractivity contribution in [3.05, 3.63) is 35.7 Å². The second kappa shape index (κ2) is 5.08. The van der Waals surface area contributed by atoms with E-state index >= 15 is 0 Å². The zero-order valence-corrected chi connectivity index (χ0v) is 11.6. The molecule has 3 rings (SSSR count). The summed E-state index contributed by atoms with van der Waals surface area (Å²) in [6, 6.07) is 8.56. The molecule has 0 atom stereocenters. The number of oxazole rings is 1. The van der Waals surface area contributed by atoms with Crippen molar-refractivity contribution in [2.75, 3.05) is 18.0 Å². The van der Waals surface area contributed by atoms with Crippen LogP contribution in [-0.2, 0) is 6.42 Å². The molecule has 3 heteroatoms. The van der Waals surface area contributed by atoms with Crippen molar-refractivity contribution in [2.45, 2.75) is 33.1 Å². The van der Waals surface area contributed by atoms with Crippen LogP contribution < -0.4 is 4.90 Å². The van der Waals surface area contributed by atoms with Crippen LogP contribution in [0.5, 0.6) is 0 Å². The standard InChI is InChI=1S/C16H20N2O/c1-3-15-12(2)19-16(17-15)13-6-8-14(9-7-13)18-10-4-5-11-18/h6-9H,3-5,10-11H2,1-2H3. The number of benzene rings is 1. The monoisotopic (exact) mass is 256 g/mol. The maximum absolute atomic E-state index is 5.73. The average molecular weight is 256 g/mol. The Morgan fingerprint density at radius 1 is 1.16 bits per heavy atom. The molecule has 0 saturated carbocycles. The Hall–Kier alpha value is -1.77. The molecular weight excluding hydrogens is 236 g/mol. The lowest BCUT2D eigenvalue weighted by Crippen LogP contribution is -2.17. The van der Waals surface area contributed by atoms with Crippen LogP contribution in [0.3, 0.4) is 0 Å². The Morgan fingerprint density at radius 3 is 2.42 bits per heavy atom. The molecule has 0 unspecified atom stereocenters. The number of anilines is 1. The van der Waals surface area contributed by atoms with Crippen LogP contribution in [0.4, 0.5) is 5.69 Å². The summed E-state index contributed by atoms with van der Waals surface area (Å²) >= 11 is 0. The Balaban J connectivity index is 1.84. The third kappa shape index (κ3) is 2.37. The van der Waals surface area contributed by atoms with Crippen molar-refractivity contribution in [3.63, 3.8) is 0 Å². The van der Waals surface area contributed by atoms with Crippen LogP contribution in [0.15, 0.2) is 28.7 Å². The van der Waals surface area contributed by atoms with Gasteiger partial charge in [-0.1, -0.05) is 6.92 Å². The molecule has 0 N–H and O–H groups in total. The second-order valence-corrected chi connectivity index (χ2v) is 5.12. The van der Waals surface area contributed by atoms with E-state index < -0.39 is 0 Å². The maximum Gasteiger partial charge on any atom is 0.226 e. The number of hydrogen-bond acceptors (Lipinski definition) is 3. The number of nitrogens with zero attached hydrogens (tertiary/aromatic N) is 2. The summed E-state index contributed by atoms with van der Waals surface area (Å²) in [5.74, 6) is 1.67. The summed E-state index contributed by atoms with van der Waals surface area (Å²) < 4.78 is 5.73. The normalized spacial score (nSPS) is 15.2. The number of aromatic nitrogens is 1. The highest BCUT2D eigenvalue weighted by atomic mass is 16.4. The molecule has 0 aliphatic carbocycles. The number of aryl methyl sites for hydroxylation is 2. The SMILES string of the molecule is CCc1nc(-c2ccc(N3CCCC3)cc2)oc1C. The van der Waals surface area contributed by atoms with E-state index in [1.54, 1.807) is 0 Å². The quantitative estimate of drug-likeness (QED) is 0.836. The topological polar surface area (TPSA) is 29.3 Å². The first-order valence-electron chi connectivity index (χ1n) is 7.09. The van der Waals surface area contributed by atoms with Gasteiger partial charge in [-0.2, -0.15) is 0 Å². The fourth-order valence-corrected chi connectivity index (χ4v) is 2.67. The van der Waals surface area contributed by atoms with Gasteiger partial charge in [-0.25, -0.2) is 4.98 Å². The highest BCUT2D eigenvalue weighted by Crippen LogP contribution is 2.26. The minimum atomic E-state index is 0.738. The van der Waals surface area contributed by atoms with Gasteiger partial charge in [0.2, 0.25) is 5.89 Å². The Morgan fingerprint density at radius 2 is 1.84 bits per heavy atom. The highest BCUT2D eigenvalue weighted by Gasteiger charge is 2.13. The van der Waals surface area contributed by atoms with Crippen molar-refractivity contribution in [2.24, 2.45) is 0 Å². The van der Waals surface area contributed by atoms with E-state index in [-0.39, 0.29) is 0 Å². The molecule has 2 heterocycles. The third-order valence-electron chi connectivity index (χ3n) is 3.81. The van der Waals surface area contributed by atoms with Crippen molar-refractivity contribution >= 4 is 5.69 Å². The molecule has 1 aromatic carbocycles. The molecule has 3 nitrogen and oxygen atoms in total. The predicted molar refractivity (Wildman–Crippen MR) is 77.5 cm³/mol. The molecule has 0 bridgehead atoms. The maximum atomic E-state index is 5.73. The minimum absolute atomic E-state index is 0.738. The summed E-state index contributed by atoms with van der Waals surface area (Å²) in [5.41, 5.74) is 3.42. The summed E-state index contributed by atoms with van der Waals surface area (Å²) in [6.07, 6.45) is 3.53. The van der Waals surface area contributed by atoms with Crippen molar-refractivity contribution in [1.82, 2.24) is 4.98 Å². The van der Waals surface area contributed by atoms with Gasteiger partial charge in [0.05, 0.1) is 5.69 Å². The minimum Gasteiger partial charge on any atom is -0.441 e. The summed E-state index contributed by atoms with van der Waals surface area (Å²) in [7, 11) is 0. The molecule has 1 saturated heterocycles. The van der Waals surface area contributed by atoms with Gasteiger partial charge < -0.3 is 9.32 Å². The van der Waals surface area contributed by atoms with E-state index in [9.17, 15) is 0 Å². The molecule has 0 spiro atoms. The van der Waals surface area contributed by atoms with E-state index in [4.69, 9.17) is 4.42 Å². The van der Waals surface area contributed by atoms with Gasteiger partial charge in [0.25, 0.3) is 0 Å². The lowest BCUT2D eigenvalue weighted by Gasteiger charge is -2.17. The molecule has 1 aromatic heterocycles. The zero-order chi connectivity index (χ0) is 13.2. The van der Waals surface area contributed by atoms with E-state index in [1.807, 2.05) is 6.92 Å². The van der Waals surface area contributed by atoms with Crippen LogP contribution >= 0.6 is 0 Å². The molecule has 0 amide bonds. The lowest BCUT2D eigenvalue weighted by atomic mass is 10.2. The summed E-state index contributed by atoms with van der Waals surface area (Å²) in [4.78, 5) is 6.98. The van der Waals surface area contributed by atoms with E-state index in [2.05, 4.69) is 41.1 Å². The van der Waals surface area contributed by atoms with Crippen LogP contribution in [0.25, 0.3) is 11.5 Å². The van der Waals surface area contributed by atoms with Crippen molar-refractivity contribution in [3.8, 4) is 11.5 Å². The molecule has 1 aliphatic rings. The number of hydrogen-bond donors (Lipinski definition) is 0. The summed E-state index contributed by atoms with van der Waals surface area (Å²) in [5, 5.41) is 0. The van der Waals surface area contributed by atoms with E-state index in [0.717, 1.165) is 29.3 Å². The van der Waals surface area contributed by atoms with Crippen LogP contribution in [0.2, 0.25) is 0 Å². The largest absolute Gasteiger partial charge is 0.441 e. The molecule has 19 heavy (non-hydrogen) atoms. The highest BCUT2D eigenvalue weighted by molar-refractivity contribution is 5.60. The van der Waals surface area contributed by atoms with Gasteiger partial charge in [0.1, 0.15) is 5.76 Å². The van der Waals surface area contributed by atoms with Gasteiger partial charge in [0, 0.05) is 24.3 Å². The number of rotatable bonds is 3. The first kappa shape index (κ1) is 12.3. The molecule has 1 fully saturated rings. The van der Waals surface area contributed by atoms with Gasteiger partial charge in [0.15, 0.2) is 0 Å². The smallest absolute Gasteiger partial charge is 0.226 e. The zero-order valence-electron chi connectivity index (χ0n) is 11.6. The van der Waals surface area contributed by atoms with Gasteiger partial charge >= 0.3 is 0 Å². The average Bonchev–Trinajstić information content (AvgIpc) is 3.08. The molecule has 100 valence electrons. The molecule has 1 aliphatic heterocycles.